The highest BCUT2D eigenvalue weighted by Crippen LogP contribution is 2.36. The minimum absolute atomic E-state index is 0.0814. The summed E-state index contributed by atoms with van der Waals surface area (Å²) >= 11 is 3.42. The molecule has 178 valence electrons. The summed E-state index contributed by atoms with van der Waals surface area (Å²) in [6.45, 7) is 3.68. The standard InChI is InChI=1S/C26H37BrO5/c1-18(2)32-26(31)8-6-4-3-5-7-22-23(25(30)17-24(22)29)16-15-21(28)14-11-19-9-12-20(27)13-10-19/h3,5,9-10,12-13,15-16,18,21-25,28-30H,4,6-8,11,14,17H2,1-2H3/b5-3-,16-15+/t21-,22+,23+,24-,25+/m0/s1. The van der Waals surface area contributed by atoms with Crippen LogP contribution < -0.4 is 0 Å². The molecule has 5 nitrogen and oxygen atoms in total. The third-order valence-electron chi connectivity index (χ3n) is 5.81. The van der Waals surface area contributed by atoms with Gasteiger partial charge in [0.15, 0.2) is 0 Å². The van der Waals surface area contributed by atoms with Crippen LogP contribution in [0.2, 0.25) is 0 Å². The molecule has 0 spiro atoms. The molecule has 0 unspecified atom stereocenters. The van der Waals surface area contributed by atoms with Crippen LogP contribution in [0.5, 0.6) is 0 Å². The van der Waals surface area contributed by atoms with E-state index in [1.165, 1.54) is 0 Å². The first-order valence-corrected chi connectivity index (χ1v) is 12.4. The molecule has 1 fully saturated rings. The second kappa shape index (κ2) is 13.9. The highest BCUT2D eigenvalue weighted by atomic mass is 79.9. The van der Waals surface area contributed by atoms with Crippen LogP contribution in [0.4, 0.5) is 0 Å². The maximum atomic E-state index is 11.5. The summed E-state index contributed by atoms with van der Waals surface area (Å²) in [5.41, 5.74) is 1.16. The van der Waals surface area contributed by atoms with E-state index < -0.39 is 18.3 Å². The number of hydrogen-bond donors (Lipinski definition) is 3. The van der Waals surface area contributed by atoms with Gasteiger partial charge < -0.3 is 20.1 Å². The van der Waals surface area contributed by atoms with E-state index in [4.69, 9.17) is 4.74 Å². The van der Waals surface area contributed by atoms with Crippen molar-refractivity contribution in [3.8, 4) is 0 Å². The lowest BCUT2D eigenvalue weighted by molar-refractivity contribution is -0.147. The zero-order valence-corrected chi connectivity index (χ0v) is 20.7. The van der Waals surface area contributed by atoms with Crippen LogP contribution >= 0.6 is 15.9 Å². The summed E-state index contributed by atoms with van der Waals surface area (Å²) in [5, 5.41) is 31.1. The summed E-state index contributed by atoms with van der Waals surface area (Å²) in [4.78, 5) is 11.5. The smallest absolute Gasteiger partial charge is 0.306 e. The summed E-state index contributed by atoms with van der Waals surface area (Å²) in [5.74, 6) is -0.438. The molecule has 32 heavy (non-hydrogen) atoms. The van der Waals surface area contributed by atoms with Crippen LogP contribution in [0, 0.1) is 11.8 Å². The van der Waals surface area contributed by atoms with Crippen molar-refractivity contribution in [2.45, 2.75) is 83.2 Å². The van der Waals surface area contributed by atoms with Gasteiger partial charge in [0.1, 0.15) is 0 Å². The number of benzene rings is 1. The second-order valence-corrected chi connectivity index (χ2v) is 9.78. The van der Waals surface area contributed by atoms with E-state index in [0.717, 1.165) is 29.3 Å². The molecule has 1 aromatic rings. The van der Waals surface area contributed by atoms with E-state index in [-0.39, 0.29) is 23.9 Å². The number of hydrogen-bond acceptors (Lipinski definition) is 5. The molecule has 0 radical (unpaired) electrons. The fraction of sp³-hybridized carbons (Fsp3) is 0.577. The van der Waals surface area contributed by atoms with Crippen LogP contribution in [-0.4, -0.2) is 45.7 Å². The molecule has 0 aliphatic heterocycles. The maximum absolute atomic E-state index is 11.5. The molecule has 1 saturated carbocycles. The third kappa shape index (κ3) is 9.57. The summed E-state index contributed by atoms with van der Waals surface area (Å²) < 4.78 is 6.15. The zero-order chi connectivity index (χ0) is 23.5. The Morgan fingerprint density at radius 1 is 1.19 bits per heavy atom. The molecule has 6 heteroatoms. The Hall–Kier alpha value is -1.47. The van der Waals surface area contributed by atoms with Crippen LogP contribution in [0.25, 0.3) is 0 Å². The van der Waals surface area contributed by atoms with E-state index in [9.17, 15) is 20.1 Å². The highest BCUT2D eigenvalue weighted by Gasteiger charge is 2.39. The predicted molar refractivity (Wildman–Crippen MR) is 130 cm³/mol. The maximum Gasteiger partial charge on any atom is 0.306 e. The summed E-state index contributed by atoms with van der Waals surface area (Å²) in [6.07, 6.45) is 10.1. The van der Waals surface area contributed by atoms with Crippen LogP contribution in [0.3, 0.4) is 0 Å². The van der Waals surface area contributed by atoms with E-state index in [1.807, 2.05) is 56.3 Å². The van der Waals surface area contributed by atoms with Crippen molar-refractivity contribution in [2.75, 3.05) is 0 Å². The lowest BCUT2D eigenvalue weighted by Crippen LogP contribution is -2.20. The number of halogens is 1. The lowest BCUT2D eigenvalue weighted by Gasteiger charge is -2.19. The predicted octanol–water partition coefficient (Wildman–Crippen LogP) is 4.72. The van der Waals surface area contributed by atoms with E-state index >= 15 is 0 Å². The van der Waals surface area contributed by atoms with Gasteiger partial charge in [0, 0.05) is 23.2 Å². The van der Waals surface area contributed by atoms with Crippen molar-refractivity contribution in [3.63, 3.8) is 0 Å². The Balaban J connectivity index is 1.77. The van der Waals surface area contributed by atoms with Crippen LogP contribution in [-0.2, 0) is 16.0 Å². The SMILES string of the molecule is CC(C)OC(=O)CCC/C=C\C[C@@H]1[C@@H](/C=C/[C@@H](O)CCc2ccc(Br)cc2)[C@H](O)C[C@@H]1O. The van der Waals surface area contributed by atoms with Crippen molar-refractivity contribution >= 4 is 21.9 Å². The molecule has 1 aromatic carbocycles. The molecule has 1 aliphatic rings. The first-order valence-electron chi connectivity index (χ1n) is 11.6. The Labute approximate surface area is 200 Å². The number of rotatable bonds is 12. The molecule has 2 rings (SSSR count). The van der Waals surface area contributed by atoms with Crippen molar-refractivity contribution in [1.82, 2.24) is 0 Å². The lowest BCUT2D eigenvalue weighted by atomic mass is 9.89. The molecule has 3 N–H and O–H groups in total. The Kier molecular flexibility index (Phi) is 11.7. The largest absolute Gasteiger partial charge is 0.463 e. The van der Waals surface area contributed by atoms with Crippen molar-refractivity contribution in [2.24, 2.45) is 11.8 Å². The van der Waals surface area contributed by atoms with E-state index in [1.54, 1.807) is 6.08 Å². The number of aliphatic hydroxyl groups is 3. The zero-order valence-electron chi connectivity index (χ0n) is 19.1. The normalized spacial score (nSPS) is 24.6. The summed E-state index contributed by atoms with van der Waals surface area (Å²) in [7, 11) is 0. The number of aryl methyl sites for hydroxylation is 1. The molecule has 1 aliphatic carbocycles. The van der Waals surface area contributed by atoms with Crippen LogP contribution in [0.15, 0.2) is 53.0 Å². The molecule has 0 saturated heterocycles. The Morgan fingerprint density at radius 2 is 1.91 bits per heavy atom. The van der Waals surface area contributed by atoms with Gasteiger partial charge in [-0.05, 0) is 69.6 Å². The molecular formula is C26H37BrO5. The number of esters is 1. The minimum atomic E-state index is -0.607. The minimum Gasteiger partial charge on any atom is -0.463 e. The average molecular weight is 509 g/mol. The highest BCUT2D eigenvalue weighted by molar-refractivity contribution is 9.10. The number of unbranched alkanes of at least 4 members (excludes halogenated alkanes) is 1. The van der Waals surface area contributed by atoms with Gasteiger partial charge in [0.25, 0.3) is 0 Å². The van der Waals surface area contributed by atoms with Gasteiger partial charge in [-0.1, -0.05) is 52.4 Å². The van der Waals surface area contributed by atoms with Crippen molar-refractivity contribution in [3.05, 3.63) is 58.6 Å². The Bertz CT molecular complexity index is 743. The molecule has 0 aromatic heterocycles. The van der Waals surface area contributed by atoms with Crippen molar-refractivity contribution in [1.29, 1.82) is 0 Å². The van der Waals surface area contributed by atoms with Gasteiger partial charge in [-0.15, -0.1) is 0 Å². The first-order chi connectivity index (χ1) is 15.3. The van der Waals surface area contributed by atoms with Crippen LogP contribution in [0.1, 0.15) is 57.9 Å². The summed E-state index contributed by atoms with van der Waals surface area (Å²) in [6, 6.07) is 8.05. The molecule has 0 bridgehead atoms. The monoisotopic (exact) mass is 508 g/mol. The number of carbonyl (C=O) groups is 1. The van der Waals surface area contributed by atoms with Gasteiger partial charge in [0.05, 0.1) is 24.4 Å². The Morgan fingerprint density at radius 3 is 2.59 bits per heavy atom. The molecular weight excluding hydrogens is 472 g/mol. The number of carbonyl (C=O) groups excluding carboxylic acids is 1. The van der Waals surface area contributed by atoms with Gasteiger partial charge in [-0.3, -0.25) is 4.79 Å². The van der Waals surface area contributed by atoms with Gasteiger partial charge in [-0.25, -0.2) is 0 Å². The number of aliphatic hydroxyl groups excluding tert-OH is 3. The number of allylic oxidation sites excluding steroid dienone is 2. The van der Waals surface area contributed by atoms with Gasteiger partial charge >= 0.3 is 5.97 Å². The molecule has 5 atom stereocenters. The third-order valence-corrected chi connectivity index (χ3v) is 6.34. The first kappa shape index (κ1) is 26.8. The van der Waals surface area contributed by atoms with E-state index in [2.05, 4.69) is 15.9 Å². The second-order valence-electron chi connectivity index (χ2n) is 8.87. The van der Waals surface area contributed by atoms with Gasteiger partial charge in [0.2, 0.25) is 0 Å². The molecule has 0 amide bonds. The van der Waals surface area contributed by atoms with Gasteiger partial charge in [-0.2, -0.15) is 0 Å². The van der Waals surface area contributed by atoms with Crippen molar-refractivity contribution < 1.29 is 24.9 Å². The fourth-order valence-electron chi connectivity index (χ4n) is 4.08. The topological polar surface area (TPSA) is 87.0 Å². The number of ether oxygens (including phenoxy) is 1. The average Bonchev–Trinajstić information content (AvgIpc) is 3.00. The quantitative estimate of drug-likeness (QED) is 0.216. The fourth-order valence-corrected chi connectivity index (χ4v) is 4.35. The van der Waals surface area contributed by atoms with E-state index in [0.29, 0.717) is 25.7 Å². The molecule has 0 heterocycles.